The average Bonchev–Trinajstić information content (AvgIpc) is 3.01. The lowest BCUT2D eigenvalue weighted by Crippen LogP contribution is -2.34. The number of urea groups is 1. The predicted molar refractivity (Wildman–Crippen MR) is 78.0 cm³/mol. The molecule has 0 radical (unpaired) electrons. The molecule has 120 valence electrons. The van der Waals surface area contributed by atoms with Gasteiger partial charge in [0.05, 0.1) is 0 Å². The van der Waals surface area contributed by atoms with Crippen LogP contribution >= 0.6 is 0 Å². The van der Waals surface area contributed by atoms with Crippen LogP contribution in [-0.2, 0) is 13.1 Å². The topological polar surface area (TPSA) is 59.6 Å². The first-order chi connectivity index (χ1) is 11.1. The van der Waals surface area contributed by atoms with Crippen LogP contribution < -0.4 is 20.1 Å². The molecule has 0 bridgehead atoms. The van der Waals surface area contributed by atoms with E-state index < -0.39 is 17.7 Å². The minimum atomic E-state index is -0.567. The number of hydrogen-bond donors (Lipinski definition) is 2. The van der Waals surface area contributed by atoms with Gasteiger partial charge >= 0.3 is 6.03 Å². The molecule has 5 nitrogen and oxygen atoms in total. The third-order valence-corrected chi connectivity index (χ3v) is 3.34. The number of ether oxygens (including phenoxy) is 2. The van der Waals surface area contributed by atoms with Crippen LogP contribution in [0.2, 0.25) is 0 Å². The van der Waals surface area contributed by atoms with Crippen molar-refractivity contribution in [1.29, 1.82) is 0 Å². The Morgan fingerprint density at radius 2 is 1.78 bits per heavy atom. The monoisotopic (exact) mass is 320 g/mol. The maximum absolute atomic E-state index is 13.4. The molecule has 1 aliphatic rings. The van der Waals surface area contributed by atoms with Crippen molar-refractivity contribution in [2.75, 3.05) is 6.79 Å². The number of nitrogens with one attached hydrogen (secondary N) is 2. The van der Waals surface area contributed by atoms with Crippen LogP contribution in [0.1, 0.15) is 11.1 Å². The van der Waals surface area contributed by atoms with Gasteiger partial charge in [-0.3, -0.25) is 0 Å². The zero-order chi connectivity index (χ0) is 16.2. The Kier molecular flexibility index (Phi) is 4.27. The first-order valence-corrected chi connectivity index (χ1v) is 6.96. The van der Waals surface area contributed by atoms with Crippen molar-refractivity contribution in [3.8, 4) is 11.5 Å². The lowest BCUT2D eigenvalue weighted by atomic mass is 10.2. The van der Waals surface area contributed by atoms with E-state index >= 15 is 0 Å². The third-order valence-electron chi connectivity index (χ3n) is 3.34. The van der Waals surface area contributed by atoms with Crippen LogP contribution in [0.4, 0.5) is 13.6 Å². The van der Waals surface area contributed by atoms with Crippen molar-refractivity contribution in [3.05, 3.63) is 59.2 Å². The number of rotatable bonds is 4. The highest BCUT2D eigenvalue weighted by Gasteiger charge is 2.13. The number of amides is 2. The van der Waals surface area contributed by atoms with Gasteiger partial charge in [-0.15, -0.1) is 0 Å². The van der Waals surface area contributed by atoms with Crippen LogP contribution in [0.3, 0.4) is 0 Å². The van der Waals surface area contributed by atoms with Gasteiger partial charge < -0.3 is 20.1 Å². The molecule has 2 aromatic rings. The van der Waals surface area contributed by atoms with Gasteiger partial charge in [-0.25, -0.2) is 13.6 Å². The summed E-state index contributed by atoms with van der Waals surface area (Å²) in [5.41, 5.74) is 0.921. The maximum atomic E-state index is 13.4. The highest BCUT2D eigenvalue weighted by molar-refractivity contribution is 5.73. The van der Waals surface area contributed by atoms with Crippen molar-refractivity contribution in [2.45, 2.75) is 13.1 Å². The summed E-state index contributed by atoms with van der Waals surface area (Å²) < 4.78 is 36.9. The van der Waals surface area contributed by atoms with Gasteiger partial charge in [0.1, 0.15) is 11.6 Å². The summed E-state index contributed by atoms with van der Waals surface area (Å²) in [7, 11) is 0. The first-order valence-electron chi connectivity index (χ1n) is 6.96. The van der Waals surface area contributed by atoms with Crippen LogP contribution in [0.15, 0.2) is 36.4 Å². The second-order valence-corrected chi connectivity index (χ2v) is 4.96. The maximum Gasteiger partial charge on any atom is 0.315 e. The molecule has 0 fully saturated rings. The van der Waals surface area contributed by atoms with Gasteiger partial charge in [0, 0.05) is 18.7 Å². The number of benzene rings is 2. The number of carbonyl (C=O) groups excluding carboxylic acids is 1. The van der Waals surface area contributed by atoms with Crippen molar-refractivity contribution < 1.29 is 23.0 Å². The Bertz CT molecular complexity index is 737. The molecule has 0 saturated carbocycles. The van der Waals surface area contributed by atoms with Gasteiger partial charge in [0.25, 0.3) is 0 Å². The second-order valence-electron chi connectivity index (χ2n) is 4.96. The fourth-order valence-electron chi connectivity index (χ4n) is 2.15. The molecule has 0 saturated heterocycles. The minimum Gasteiger partial charge on any atom is -0.454 e. The van der Waals surface area contributed by atoms with Gasteiger partial charge in [-0.2, -0.15) is 0 Å². The van der Waals surface area contributed by atoms with Crippen molar-refractivity contribution in [2.24, 2.45) is 0 Å². The second kappa shape index (κ2) is 6.51. The molecule has 0 unspecified atom stereocenters. The van der Waals surface area contributed by atoms with E-state index in [-0.39, 0.29) is 25.4 Å². The minimum absolute atomic E-state index is 0.0863. The van der Waals surface area contributed by atoms with E-state index in [1.807, 2.05) is 0 Å². The Balaban J connectivity index is 1.51. The largest absolute Gasteiger partial charge is 0.454 e. The summed E-state index contributed by atoms with van der Waals surface area (Å²) >= 11 is 0. The van der Waals surface area contributed by atoms with E-state index in [9.17, 15) is 13.6 Å². The Morgan fingerprint density at radius 1 is 1.00 bits per heavy atom. The van der Waals surface area contributed by atoms with Crippen molar-refractivity contribution in [3.63, 3.8) is 0 Å². The van der Waals surface area contributed by atoms with Crippen LogP contribution in [-0.4, -0.2) is 12.8 Å². The molecular formula is C16H14F2N2O3. The van der Waals surface area contributed by atoms with E-state index in [0.717, 1.165) is 23.8 Å². The molecule has 23 heavy (non-hydrogen) atoms. The molecule has 1 heterocycles. The molecule has 0 spiro atoms. The summed E-state index contributed by atoms with van der Waals surface area (Å²) in [5, 5.41) is 5.11. The van der Waals surface area contributed by atoms with Crippen LogP contribution in [0.5, 0.6) is 11.5 Å². The van der Waals surface area contributed by atoms with E-state index in [0.29, 0.717) is 11.5 Å². The van der Waals surface area contributed by atoms with Crippen molar-refractivity contribution in [1.82, 2.24) is 10.6 Å². The summed E-state index contributed by atoms with van der Waals surface area (Å²) in [5.74, 6) is 0.178. The van der Waals surface area contributed by atoms with Gasteiger partial charge in [-0.1, -0.05) is 6.07 Å². The Labute approximate surface area is 131 Å². The molecule has 0 atom stereocenters. The Morgan fingerprint density at radius 3 is 2.65 bits per heavy atom. The average molecular weight is 320 g/mol. The Hall–Kier alpha value is -2.83. The highest BCUT2D eigenvalue weighted by Crippen LogP contribution is 2.32. The fourth-order valence-corrected chi connectivity index (χ4v) is 2.15. The van der Waals surface area contributed by atoms with Gasteiger partial charge in [-0.05, 0) is 35.9 Å². The van der Waals surface area contributed by atoms with E-state index in [1.165, 1.54) is 0 Å². The number of carbonyl (C=O) groups is 1. The molecule has 7 heteroatoms. The lowest BCUT2D eigenvalue weighted by Gasteiger charge is -2.09. The van der Waals surface area contributed by atoms with Crippen LogP contribution in [0.25, 0.3) is 0 Å². The highest BCUT2D eigenvalue weighted by atomic mass is 19.1. The summed E-state index contributed by atoms with van der Waals surface area (Å²) in [6, 6.07) is 7.96. The molecule has 3 rings (SSSR count). The summed E-state index contributed by atoms with van der Waals surface area (Å²) in [4.78, 5) is 11.7. The molecule has 0 aliphatic carbocycles. The van der Waals surface area contributed by atoms with E-state index in [2.05, 4.69) is 10.6 Å². The quantitative estimate of drug-likeness (QED) is 0.910. The van der Waals surface area contributed by atoms with Gasteiger partial charge in [0.2, 0.25) is 6.79 Å². The first kappa shape index (κ1) is 15.1. The summed E-state index contributed by atoms with van der Waals surface area (Å²) in [6.07, 6.45) is 0. The zero-order valence-corrected chi connectivity index (χ0v) is 12.1. The predicted octanol–water partition coefficient (Wildman–Crippen LogP) is 2.69. The summed E-state index contributed by atoms with van der Waals surface area (Å²) in [6.45, 7) is 0.358. The number of hydrogen-bond acceptors (Lipinski definition) is 3. The number of fused-ring (bicyclic) bond motifs is 1. The van der Waals surface area contributed by atoms with E-state index in [4.69, 9.17) is 9.47 Å². The standard InChI is InChI=1S/C16H14F2N2O3/c17-12-2-3-13(18)11(6-12)8-20-16(21)19-7-10-1-4-14-15(5-10)23-9-22-14/h1-6H,7-9H2,(H2,19,20,21). The lowest BCUT2D eigenvalue weighted by molar-refractivity contribution is 0.174. The van der Waals surface area contributed by atoms with Crippen LogP contribution in [0, 0.1) is 11.6 Å². The molecule has 2 N–H and O–H groups in total. The normalized spacial score (nSPS) is 12.1. The molecule has 1 aliphatic heterocycles. The van der Waals surface area contributed by atoms with Gasteiger partial charge in [0.15, 0.2) is 11.5 Å². The molecule has 2 amide bonds. The van der Waals surface area contributed by atoms with Crippen molar-refractivity contribution >= 4 is 6.03 Å². The number of halogens is 2. The molecular weight excluding hydrogens is 306 g/mol. The molecule has 0 aromatic heterocycles. The smallest absolute Gasteiger partial charge is 0.315 e. The zero-order valence-electron chi connectivity index (χ0n) is 12.1. The molecule has 2 aromatic carbocycles. The van der Waals surface area contributed by atoms with E-state index in [1.54, 1.807) is 18.2 Å². The SMILES string of the molecule is O=C(NCc1ccc2c(c1)OCO2)NCc1cc(F)ccc1F. The fraction of sp³-hybridized carbons (Fsp3) is 0.188. The third kappa shape index (κ3) is 3.68.